The normalized spacial score (nSPS) is 16.2. The van der Waals surface area contributed by atoms with Gasteiger partial charge >= 0.3 is 0 Å². The third-order valence-corrected chi connectivity index (χ3v) is 10.9. The minimum Gasteiger partial charge on any atom is -0.455 e. The number of hydrogen-bond acceptors (Lipinski definition) is 5. The van der Waals surface area contributed by atoms with Crippen molar-refractivity contribution in [3.8, 4) is 22.3 Å². The number of fused-ring (bicyclic) bond motifs is 7. The van der Waals surface area contributed by atoms with Crippen LogP contribution in [-0.4, -0.2) is 5.84 Å². The molecule has 2 N–H and O–H groups in total. The Hall–Kier alpha value is -6.01. The van der Waals surface area contributed by atoms with Crippen molar-refractivity contribution in [2.45, 2.75) is 12.3 Å². The van der Waals surface area contributed by atoms with Gasteiger partial charge in [0, 0.05) is 42.1 Å². The predicted molar refractivity (Wildman–Crippen MR) is 209 cm³/mol. The molecule has 0 aliphatic carbocycles. The van der Waals surface area contributed by atoms with Gasteiger partial charge in [0.25, 0.3) is 0 Å². The second-order valence-corrected chi connectivity index (χ2v) is 13.9. The molecule has 0 bridgehead atoms. The summed E-state index contributed by atoms with van der Waals surface area (Å²) in [7, 11) is 0. The van der Waals surface area contributed by atoms with Gasteiger partial charge in [-0.3, -0.25) is 5.32 Å². The van der Waals surface area contributed by atoms with Crippen LogP contribution in [0.1, 0.15) is 29.0 Å². The van der Waals surface area contributed by atoms with Gasteiger partial charge in [0.2, 0.25) is 0 Å². The van der Waals surface area contributed by atoms with Crippen LogP contribution in [0.5, 0.6) is 0 Å². The molecule has 0 fully saturated rings. The van der Waals surface area contributed by atoms with Gasteiger partial charge in [0.1, 0.15) is 29.3 Å². The summed E-state index contributed by atoms with van der Waals surface area (Å²) in [5, 5.41) is 12.4. The molecule has 5 heteroatoms. The Labute approximate surface area is 293 Å². The zero-order valence-corrected chi connectivity index (χ0v) is 27.8. The number of para-hydroxylation sites is 1. The molecule has 0 amide bonds. The fourth-order valence-electron chi connectivity index (χ4n) is 7.33. The zero-order chi connectivity index (χ0) is 33.0. The molecule has 7 aromatic carbocycles. The summed E-state index contributed by atoms with van der Waals surface area (Å²) in [6, 6.07) is 57.9. The average molecular weight is 662 g/mol. The van der Waals surface area contributed by atoms with Gasteiger partial charge < -0.3 is 9.73 Å². The summed E-state index contributed by atoms with van der Waals surface area (Å²) in [5.41, 5.74) is 9.80. The molecule has 4 nitrogen and oxygen atoms in total. The van der Waals surface area contributed by atoms with E-state index in [1.165, 1.54) is 31.5 Å². The average Bonchev–Trinajstić information content (AvgIpc) is 3.77. The van der Waals surface area contributed by atoms with E-state index in [0.29, 0.717) is 0 Å². The molecule has 1 aliphatic heterocycles. The third kappa shape index (κ3) is 4.90. The lowest BCUT2D eigenvalue weighted by atomic mass is 9.95. The molecule has 238 valence electrons. The van der Waals surface area contributed by atoms with Gasteiger partial charge in [0.05, 0.1) is 0 Å². The smallest absolute Gasteiger partial charge is 0.144 e. The molecule has 2 unspecified atom stereocenters. The molecule has 2 atom stereocenters. The lowest BCUT2D eigenvalue weighted by Crippen LogP contribution is -2.45. The standard InChI is InChI=1S/C45H31N3OS/c1-4-14-28(15-5-1)31-24-32(29-16-6-2-7-17-29)26-33(25-31)44-46-43(30-18-8-3-9-19-30)47-45(48-44)37-27-36-34-20-10-12-22-38(34)49-41(36)40-35-21-11-13-23-39(35)50-42(37)40/h1-27,43,45,47H,(H,46,48). The molecule has 1 aliphatic rings. The summed E-state index contributed by atoms with van der Waals surface area (Å²) >= 11 is 1.82. The number of nitrogens with zero attached hydrogens (tertiary/aromatic N) is 1. The topological polar surface area (TPSA) is 49.6 Å². The molecular weight excluding hydrogens is 631 g/mol. The molecular formula is C45H31N3OS. The Kier molecular flexibility index (Phi) is 6.86. The van der Waals surface area contributed by atoms with Crippen LogP contribution in [0.4, 0.5) is 0 Å². The molecule has 3 heterocycles. The Bertz CT molecular complexity index is 2660. The Morgan fingerprint density at radius 2 is 1.14 bits per heavy atom. The third-order valence-electron chi connectivity index (χ3n) is 9.73. The number of hydrogen-bond donors (Lipinski definition) is 2. The van der Waals surface area contributed by atoms with Crippen LogP contribution in [0, 0.1) is 0 Å². The summed E-state index contributed by atoms with van der Waals surface area (Å²) in [4.78, 5) is 5.37. The summed E-state index contributed by atoms with van der Waals surface area (Å²) < 4.78 is 9.06. The highest BCUT2D eigenvalue weighted by Gasteiger charge is 2.29. The van der Waals surface area contributed by atoms with Crippen molar-refractivity contribution < 1.29 is 4.42 Å². The van der Waals surface area contributed by atoms with Crippen LogP contribution in [0.25, 0.3) is 64.4 Å². The SMILES string of the molecule is c1ccc(-c2cc(C3=NC(c4ccccc4)NC(c4cc5c6ccccc6oc5c5c4sc4ccccc45)N3)cc(-c3ccccc3)c2)cc1. The number of aliphatic imine (C=N–C) groups is 1. The van der Waals surface area contributed by atoms with E-state index in [2.05, 4.69) is 168 Å². The Morgan fingerprint density at radius 3 is 1.86 bits per heavy atom. The van der Waals surface area contributed by atoms with E-state index >= 15 is 0 Å². The maximum Gasteiger partial charge on any atom is 0.144 e. The summed E-state index contributed by atoms with van der Waals surface area (Å²) in [6.07, 6.45) is -0.499. The van der Waals surface area contributed by atoms with E-state index in [0.717, 1.165) is 55.4 Å². The summed E-state index contributed by atoms with van der Waals surface area (Å²) in [6.45, 7) is 0. The van der Waals surface area contributed by atoms with Crippen LogP contribution in [-0.2, 0) is 0 Å². The molecule has 0 radical (unpaired) electrons. The number of thiophene rings is 1. The van der Waals surface area contributed by atoms with E-state index in [-0.39, 0.29) is 12.3 Å². The molecule has 0 spiro atoms. The van der Waals surface area contributed by atoms with Crippen LogP contribution >= 0.6 is 11.3 Å². The van der Waals surface area contributed by atoms with Crippen molar-refractivity contribution in [3.05, 3.63) is 180 Å². The van der Waals surface area contributed by atoms with Gasteiger partial charge in [-0.2, -0.15) is 0 Å². The van der Waals surface area contributed by atoms with Gasteiger partial charge in [-0.15, -0.1) is 11.3 Å². The first-order chi connectivity index (χ1) is 24.8. The highest BCUT2D eigenvalue weighted by atomic mass is 32.1. The van der Waals surface area contributed by atoms with Gasteiger partial charge in [-0.05, 0) is 64.2 Å². The van der Waals surface area contributed by atoms with E-state index in [4.69, 9.17) is 9.41 Å². The highest BCUT2D eigenvalue weighted by Crippen LogP contribution is 2.45. The lowest BCUT2D eigenvalue weighted by molar-refractivity contribution is 0.411. The quantitative estimate of drug-likeness (QED) is 0.193. The number of benzene rings is 7. The fourth-order valence-corrected chi connectivity index (χ4v) is 8.58. The van der Waals surface area contributed by atoms with Gasteiger partial charge in [-0.1, -0.05) is 127 Å². The largest absolute Gasteiger partial charge is 0.455 e. The molecule has 2 aromatic heterocycles. The first-order valence-corrected chi connectivity index (χ1v) is 17.8. The van der Waals surface area contributed by atoms with Crippen molar-refractivity contribution in [3.63, 3.8) is 0 Å². The molecule has 9 aromatic rings. The maximum atomic E-state index is 6.61. The lowest BCUT2D eigenvalue weighted by Gasteiger charge is -2.32. The predicted octanol–water partition coefficient (Wildman–Crippen LogP) is 11.6. The van der Waals surface area contributed by atoms with Crippen molar-refractivity contribution in [1.29, 1.82) is 0 Å². The second-order valence-electron chi connectivity index (χ2n) is 12.8. The van der Waals surface area contributed by atoms with E-state index in [1.54, 1.807) is 0 Å². The Morgan fingerprint density at radius 1 is 0.540 bits per heavy atom. The Balaban J connectivity index is 1.20. The van der Waals surface area contributed by atoms with Crippen LogP contribution in [0.15, 0.2) is 173 Å². The monoisotopic (exact) mass is 661 g/mol. The highest BCUT2D eigenvalue weighted by molar-refractivity contribution is 7.26. The van der Waals surface area contributed by atoms with E-state index < -0.39 is 0 Å². The van der Waals surface area contributed by atoms with Crippen molar-refractivity contribution in [1.82, 2.24) is 10.6 Å². The van der Waals surface area contributed by atoms with Gasteiger partial charge in [-0.25, -0.2) is 4.99 Å². The van der Waals surface area contributed by atoms with Crippen molar-refractivity contribution in [2.75, 3.05) is 0 Å². The molecule has 0 saturated carbocycles. The zero-order valence-electron chi connectivity index (χ0n) is 27.0. The molecule has 10 rings (SSSR count). The van der Waals surface area contributed by atoms with E-state index in [9.17, 15) is 0 Å². The van der Waals surface area contributed by atoms with E-state index in [1.807, 2.05) is 17.4 Å². The number of amidine groups is 1. The minimum absolute atomic E-state index is 0.234. The fraction of sp³-hybridized carbons (Fsp3) is 0.0444. The van der Waals surface area contributed by atoms with Crippen LogP contribution in [0.3, 0.4) is 0 Å². The van der Waals surface area contributed by atoms with Crippen LogP contribution in [0.2, 0.25) is 0 Å². The number of rotatable bonds is 5. The maximum absolute atomic E-state index is 6.61. The second kappa shape index (κ2) is 11.8. The molecule has 0 saturated heterocycles. The first-order valence-electron chi connectivity index (χ1n) is 16.9. The minimum atomic E-state index is -0.265. The summed E-state index contributed by atoms with van der Waals surface area (Å²) in [5.74, 6) is 0.851. The van der Waals surface area contributed by atoms with Gasteiger partial charge in [0.15, 0.2) is 0 Å². The van der Waals surface area contributed by atoms with Crippen LogP contribution < -0.4 is 10.6 Å². The first kappa shape index (κ1) is 29.0. The molecule has 50 heavy (non-hydrogen) atoms. The van der Waals surface area contributed by atoms with Crippen molar-refractivity contribution in [2.24, 2.45) is 4.99 Å². The van der Waals surface area contributed by atoms with Crippen molar-refractivity contribution >= 4 is 59.3 Å². The number of furan rings is 1. The number of nitrogens with one attached hydrogen (secondary N) is 2.